The van der Waals surface area contributed by atoms with Gasteiger partial charge in [-0.25, -0.2) is 4.98 Å². The number of carbonyl (C=O) groups is 1. The zero-order chi connectivity index (χ0) is 14.3. The summed E-state index contributed by atoms with van der Waals surface area (Å²) in [6.45, 7) is 7.26. The van der Waals surface area contributed by atoms with Crippen molar-refractivity contribution >= 4 is 17.4 Å². The number of hydrogen-bond donors (Lipinski definition) is 1. The second kappa shape index (κ2) is 4.77. The number of rotatable bonds is 2. The molecule has 20 heavy (non-hydrogen) atoms. The molecule has 2 aromatic heterocycles. The average molecular weight is 273 g/mol. The SMILES string of the molecule is CC(=O)NC1CCN(c2cc(C)nc3cc(C)nn23)C1. The lowest BCUT2D eigenvalue weighted by Crippen LogP contribution is -2.36. The topological polar surface area (TPSA) is 62.5 Å². The molecule has 0 bridgehead atoms. The highest BCUT2D eigenvalue weighted by atomic mass is 16.1. The largest absolute Gasteiger partial charge is 0.354 e. The van der Waals surface area contributed by atoms with Crippen LogP contribution in [0.3, 0.4) is 0 Å². The minimum absolute atomic E-state index is 0.0304. The monoisotopic (exact) mass is 273 g/mol. The molecule has 0 saturated carbocycles. The number of anilines is 1. The Bertz CT molecular complexity index is 663. The Morgan fingerprint density at radius 3 is 2.90 bits per heavy atom. The molecule has 1 unspecified atom stereocenters. The predicted molar refractivity (Wildman–Crippen MR) is 76.9 cm³/mol. The Morgan fingerprint density at radius 1 is 1.35 bits per heavy atom. The predicted octanol–water partition coefficient (Wildman–Crippen LogP) is 1.06. The third-order valence-electron chi connectivity index (χ3n) is 3.58. The third kappa shape index (κ3) is 2.33. The van der Waals surface area contributed by atoms with Crippen LogP contribution in [0.1, 0.15) is 24.7 Å². The fourth-order valence-electron chi connectivity index (χ4n) is 2.79. The lowest BCUT2D eigenvalue weighted by atomic mass is 10.2. The van der Waals surface area contributed by atoms with Gasteiger partial charge in [0.15, 0.2) is 5.65 Å². The average Bonchev–Trinajstić information content (AvgIpc) is 2.93. The van der Waals surface area contributed by atoms with E-state index in [2.05, 4.69) is 26.4 Å². The molecule has 106 valence electrons. The van der Waals surface area contributed by atoms with Gasteiger partial charge in [-0.05, 0) is 20.3 Å². The smallest absolute Gasteiger partial charge is 0.217 e. The molecule has 1 aliphatic rings. The molecule has 0 spiro atoms. The summed E-state index contributed by atoms with van der Waals surface area (Å²) in [5, 5.41) is 7.49. The van der Waals surface area contributed by atoms with E-state index >= 15 is 0 Å². The summed E-state index contributed by atoms with van der Waals surface area (Å²) in [7, 11) is 0. The molecule has 1 saturated heterocycles. The lowest BCUT2D eigenvalue weighted by Gasteiger charge is -2.20. The summed E-state index contributed by atoms with van der Waals surface area (Å²) < 4.78 is 1.89. The summed E-state index contributed by atoms with van der Waals surface area (Å²) in [5.41, 5.74) is 2.82. The fourth-order valence-corrected chi connectivity index (χ4v) is 2.79. The molecule has 2 aromatic rings. The van der Waals surface area contributed by atoms with Gasteiger partial charge in [-0.1, -0.05) is 0 Å². The van der Waals surface area contributed by atoms with Crippen molar-refractivity contribution in [1.82, 2.24) is 19.9 Å². The Morgan fingerprint density at radius 2 is 2.15 bits per heavy atom. The van der Waals surface area contributed by atoms with Gasteiger partial charge in [0.2, 0.25) is 5.91 Å². The standard InChI is InChI=1S/C14H19N5O/c1-9-7-14(19-13(15-9)6-10(2)17-19)18-5-4-12(8-18)16-11(3)20/h6-7,12H,4-5,8H2,1-3H3,(H,16,20). The minimum atomic E-state index is 0.0304. The molecule has 3 rings (SSSR count). The summed E-state index contributed by atoms with van der Waals surface area (Å²) in [4.78, 5) is 17.9. The molecule has 0 aromatic carbocycles. The van der Waals surface area contributed by atoms with E-state index in [9.17, 15) is 4.79 Å². The number of nitrogens with zero attached hydrogens (tertiary/aromatic N) is 4. The van der Waals surface area contributed by atoms with E-state index in [1.165, 1.54) is 0 Å². The van der Waals surface area contributed by atoms with Gasteiger partial charge in [0.25, 0.3) is 0 Å². The summed E-state index contributed by atoms with van der Waals surface area (Å²) in [6, 6.07) is 4.25. The van der Waals surface area contributed by atoms with Crippen molar-refractivity contribution in [1.29, 1.82) is 0 Å². The zero-order valence-corrected chi connectivity index (χ0v) is 12.1. The number of carbonyl (C=O) groups excluding carboxylic acids is 1. The van der Waals surface area contributed by atoms with Crippen LogP contribution >= 0.6 is 0 Å². The molecule has 6 nitrogen and oxygen atoms in total. The second-order valence-corrected chi connectivity index (χ2v) is 5.44. The van der Waals surface area contributed by atoms with E-state index in [0.717, 1.165) is 42.4 Å². The van der Waals surface area contributed by atoms with Crippen molar-refractivity contribution in [2.45, 2.75) is 33.2 Å². The molecule has 0 radical (unpaired) electrons. The number of nitrogens with one attached hydrogen (secondary N) is 1. The molecule has 1 fully saturated rings. The van der Waals surface area contributed by atoms with Gasteiger partial charge in [-0.15, -0.1) is 0 Å². The molecule has 1 amide bonds. The third-order valence-corrected chi connectivity index (χ3v) is 3.58. The van der Waals surface area contributed by atoms with Gasteiger partial charge >= 0.3 is 0 Å². The van der Waals surface area contributed by atoms with Crippen LogP contribution in [0.2, 0.25) is 0 Å². The maximum atomic E-state index is 11.2. The first-order chi connectivity index (χ1) is 9.52. The normalized spacial score (nSPS) is 18.8. The molecule has 1 atom stereocenters. The van der Waals surface area contributed by atoms with Crippen molar-refractivity contribution in [2.24, 2.45) is 0 Å². The maximum Gasteiger partial charge on any atom is 0.217 e. The second-order valence-electron chi connectivity index (χ2n) is 5.44. The van der Waals surface area contributed by atoms with Crippen LogP contribution in [-0.4, -0.2) is 39.6 Å². The van der Waals surface area contributed by atoms with Gasteiger partial charge in [-0.2, -0.15) is 9.61 Å². The highest BCUT2D eigenvalue weighted by Crippen LogP contribution is 2.22. The Balaban J connectivity index is 1.92. The fraction of sp³-hybridized carbons (Fsp3) is 0.500. The van der Waals surface area contributed by atoms with E-state index < -0.39 is 0 Å². The van der Waals surface area contributed by atoms with Crippen LogP contribution in [0.4, 0.5) is 5.82 Å². The van der Waals surface area contributed by atoms with Gasteiger partial charge in [-0.3, -0.25) is 4.79 Å². The quantitative estimate of drug-likeness (QED) is 0.888. The number of amides is 1. The van der Waals surface area contributed by atoms with Crippen LogP contribution < -0.4 is 10.2 Å². The van der Waals surface area contributed by atoms with Crippen molar-refractivity contribution in [3.8, 4) is 0 Å². The van der Waals surface area contributed by atoms with E-state index in [1.807, 2.05) is 24.4 Å². The molecular formula is C14H19N5O. The lowest BCUT2D eigenvalue weighted by molar-refractivity contribution is -0.119. The van der Waals surface area contributed by atoms with Crippen LogP contribution in [0.15, 0.2) is 12.1 Å². The van der Waals surface area contributed by atoms with Crippen LogP contribution in [0.5, 0.6) is 0 Å². The molecular weight excluding hydrogens is 254 g/mol. The van der Waals surface area contributed by atoms with E-state index in [0.29, 0.717) is 0 Å². The molecule has 1 aliphatic heterocycles. The maximum absolute atomic E-state index is 11.2. The van der Waals surface area contributed by atoms with E-state index in [1.54, 1.807) is 6.92 Å². The van der Waals surface area contributed by atoms with Crippen LogP contribution in [0, 0.1) is 13.8 Å². The molecule has 6 heteroatoms. The van der Waals surface area contributed by atoms with Crippen LogP contribution in [-0.2, 0) is 4.79 Å². The van der Waals surface area contributed by atoms with Gasteiger partial charge in [0.1, 0.15) is 5.82 Å². The number of aryl methyl sites for hydroxylation is 2. The summed E-state index contributed by atoms with van der Waals surface area (Å²) >= 11 is 0. The Hall–Kier alpha value is -2.11. The van der Waals surface area contributed by atoms with E-state index in [4.69, 9.17) is 0 Å². The molecule has 3 heterocycles. The minimum Gasteiger partial charge on any atom is -0.354 e. The highest BCUT2D eigenvalue weighted by molar-refractivity contribution is 5.73. The number of fused-ring (bicyclic) bond motifs is 1. The van der Waals surface area contributed by atoms with Crippen molar-refractivity contribution in [3.05, 3.63) is 23.5 Å². The zero-order valence-electron chi connectivity index (χ0n) is 12.1. The van der Waals surface area contributed by atoms with Gasteiger partial charge in [0, 0.05) is 43.9 Å². The Kier molecular flexibility index (Phi) is 3.08. The Labute approximate surface area is 117 Å². The summed E-state index contributed by atoms with van der Waals surface area (Å²) in [6.07, 6.45) is 0.961. The van der Waals surface area contributed by atoms with Crippen molar-refractivity contribution < 1.29 is 4.79 Å². The van der Waals surface area contributed by atoms with E-state index in [-0.39, 0.29) is 11.9 Å². The molecule has 1 N–H and O–H groups in total. The van der Waals surface area contributed by atoms with Crippen molar-refractivity contribution in [3.63, 3.8) is 0 Å². The number of aromatic nitrogens is 3. The molecule has 0 aliphatic carbocycles. The highest BCUT2D eigenvalue weighted by Gasteiger charge is 2.25. The first-order valence-corrected chi connectivity index (χ1v) is 6.89. The first kappa shape index (κ1) is 12.9. The van der Waals surface area contributed by atoms with Crippen LogP contribution in [0.25, 0.3) is 5.65 Å². The summed E-state index contributed by atoms with van der Waals surface area (Å²) in [5.74, 6) is 1.08. The van der Waals surface area contributed by atoms with Gasteiger partial charge < -0.3 is 10.2 Å². The van der Waals surface area contributed by atoms with Gasteiger partial charge in [0.05, 0.1) is 5.69 Å². The number of hydrogen-bond acceptors (Lipinski definition) is 4. The van der Waals surface area contributed by atoms with Crippen molar-refractivity contribution in [2.75, 3.05) is 18.0 Å². The first-order valence-electron chi connectivity index (χ1n) is 6.89.